The van der Waals surface area contributed by atoms with Crippen LogP contribution in [0.2, 0.25) is 0 Å². The Morgan fingerprint density at radius 2 is 2.05 bits per heavy atom. The van der Waals surface area contributed by atoms with Crippen LogP contribution < -0.4 is 4.72 Å². The molecule has 0 bridgehead atoms. The van der Waals surface area contributed by atoms with Crippen molar-refractivity contribution < 1.29 is 22.3 Å². The summed E-state index contributed by atoms with van der Waals surface area (Å²) in [5, 5.41) is 12.0. The fourth-order valence-electron chi connectivity index (χ4n) is 1.67. The van der Waals surface area contributed by atoms with Crippen LogP contribution in [0.25, 0.3) is 0 Å². The first-order valence-corrected chi connectivity index (χ1v) is 8.30. The number of thiophene rings is 1. The maximum atomic E-state index is 13.5. The van der Waals surface area contributed by atoms with E-state index in [1.807, 2.05) is 0 Å². The molecule has 4 nitrogen and oxygen atoms in total. The van der Waals surface area contributed by atoms with Crippen molar-refractivity contribution in [2.75, 3.05) is 6.54 Å². The molecule has 8 heteroatoms. The minimum atomic E-state index is -4.26. The summed E-state index contributed by atoms with van der Waals surface area (Å²) in [4.78, 5) is -0.227. The third-order valence-electron chi connectivity index (χ3n) is 2.84. The van der Waals surface area contributed by atoms with Crippen molar-refractivity contribution in [1.82, 2.24) is 4.72 Å². The summed E-state index contributed by atoms with van der Waals surface area (Å²) in [6, 6.07) is 5.53. The summed E-state index contributed by atoms with van der Waals surface area (Å²) in [7, 11) is -4.26. The molecule has 0 aliphatic carbocycles. The van der Waals surface area contributed by atoms with E-state index in [0.717, 1.165) is 12.1 Å². The van der Waals surface area contributed by atoms with Gasteiger partial charge in [0.1, 0.15) is 22.1 Å². The molecule has 0 amide bonds. The molecule has 2 N–H and O–H groups in total. The van der Waals surface area contributed by atoms with Crippen LogP contribution in [0, 0.1) is 11.6 Å². The lowest BCUT2D eigenvalue weighted by Gasteiger charge is -2.22. The predicted molar refractivity (Wildman–Crippen MR) is 75.4 cm³/mol. The number of hydrogen-bond acceptors (Lipinski definition) is 4. The van der Waals surface area contributed by atoms with Gasteiger partial charge >= 0.3 is 0 Å². The number of rotatable bonds is 5. The number of sulfonamides is 1. The summed E-state index contributed by atoms with van der Waals surface area (Å²) >= 11 is 1.26. The molecule has 1 heterocycles. The molecule has 0 fully saturated rings. The molecule has 0 saturated heterocycles. The molecule has 0 aliphatic heterocycles. The van der Waals surface area contributed by atoms with Gasteiger partial charge in [0.05, 0.1) is 0 Å². The number of benzene rings is 1. The SMILES string of the molecule is CC(O)(CNS(=O)(=O)c1cc(F)ccc1F)c1cccs1. The predicted octanol–water partition coefficient (Wildman–Crippen LogP) is 2.21. The molecule has 1 aromatic heterocycles. The Morgan fingerprint density at radius 3 is 2.67 bits per heavy atom. The minimum absolute atomic E-state index is 0.355. The Hall–Kier alpha value is -1.35. The molecular weight excluding hydrogens is 320 g/mol. The zero-order valence-electron chi connectivity index (χ0n) is 11.0. The lowest BCUT2D eigenvalue weighted by Crippen LogP contribution is -2.38. The maximum absolute atomic E-state index is 13.5. The second-order valence-corrected chi connectivity index (χ2v) is 7.33. The summed E-state index contributed by atoms with van der Waals surface area (Å²) < 4.78 is 52.7. The highest BCUT2D eigenvalue weighted by Crippen LogP contribution is 2.25. The Balaban J connectivity index is 2.21. The first-order chi connectivity index (χ1) is 9.72. The van der Waals surface area contributed by atoms with Gasteiger partial charge in [0.25, 0.3) is 0 Å². The molecule has 1 aromatic carbocycles. The monoisotopic (exact) mass is 333 g/mol. The van der Waals surface area contributed by atoms with E-state index in [1.54, 1.807) is 17.5 Å². The van der Waals surface area contributed by atoms with E-state index < -0.39 is 32.2 Å². The molecule has 0 spiro atoms. The molecule has 1 atom stereocenters. The number of halogens is 2. The quantitative estimate of drug-likeness (QED) is 0.882. The van der Waals surface area contributed by atoms with Crippen molar-refractivity contribution in [3.63, 3.8) is 0 Å². The van der Waals surface area contributed by atoms with Crippen LogP contribution in [-0.4, -0.2) is 20.1 Å². The van der Waals surface area contributed by atoms with Crippen LogP contribution in [0.15, 0.2) is 40.6 Å². The highest BCUT2D eigenvalue weighted by molar-refractivity contribution is 7.89. The van der Waals surface area contributed by atoms with Gasteiger partial charge in [0.2, 0.25) is 10.0 Å². The summed E-state index contributed by atoms with van der Waals surface area (Å²) in [5.74, 6) is -1.92. The van der Waals surface area contributed by atoms with Gasteiger partial charge in [-0.05, 0) is 36.6 Å². The number of hydrogen-bond donors (Lipinski definition) is 2. The first kappa shape index (κ1) is 16.0. The van der Waals surface area contributed by atoms with E-state index in [1.165, 1.54) is 18.3 Å². The molecule has 2 rings (SSSR count). The largest absolute Gasteiger partial charge is 0.383 e. The van der Waals surface area contributed by atoms with Crippen molar-refractivity contribution in [3.05, 3.63) is 52.2 Å². The zero-order valence-corrected chi connectivity index (χ0v) is 12.6. The van der Waals surface area contributed by atoms with E-state index in [9.17, 15) is 22.3 Å². The van der Waals surface area contributed by atoms with E-state index in [2.05, 4.69) is 4.72 Å². The lowest BCUT2D eigenvalue weighted by atomic mass is 10.1. The van der Waals surface area contributed by atoms with Crippen LogP contribution in [0.5, 0.6) is 0 Å². The second kappa shape index (κ2) is 5.80. The van der Waals surface area contributed by atoms with Gasteiger partial charge in [-0.15, -0.1) is 11.3 Å². The number of nitrogens with one attached hydrogen (secondary N) is 1. The van der Waals surface area contributed by atoms with E-state index in [4.69, 9.17) is 0 Å². The fourth-order valence-corrected chi connectivity index (χ4v) is 3.67. The Bertz CT molecular complexity index is 728. The smallest absolute Gasteiger partial charge is 0.243 e. The first-order valence-electron chi connectivity index (χ1n) is 5.93. The highest BCUT2D eigenvalue weighted by Gasteiger charge is 2.28. The van der Waals surface area contributed by atoms with Gasteiger partial charge in [0, 0.05) is 11.4 Å². The fraction of sp³-hybridized carbons (Fsp3) is 0.231. The van der Waals surface area contributed by atoms with E-state index in [-0.39, 0.29) is 6.54 Å². The molecule has 21 heavy (non-hydrogen) atoms. The molecule has 1 unspecified atom stereocenters. The Morgan fingerprint density at radius 1 is 1.33 bits per heavy atom. The second-order valence-electron chi connectivity index (χ2n) is 4.65. The molecule has 114 valence electrons. The third kappa shape index (κ3) is 3.65. The van der Waals surface area contributed by atoms with Gasteiger partial charge in [-0.3, -0.25) is 0 Å². The van der Waals surface area contributed by atoms with Crippen molar-refractivity contribution in [2.45, 2.75) is 17.4 Å². The molecular formula is C13H13F2NO3S2. The van der Waals surface area contributed by atoms with E-state index in [0.29, 0.717) is 10.9 Å². The summed E-state index contributed by atoms with van der Waals surface area (Å²) in [5.41, 5.74) is -1.44. The average Bonchev–Trinajstić information content (AvgIpc) is 2.94. The number of aliphatic hydroxyl groups is 1. The summed E-state index contributed by atoms with van der Waals surface area (Å²) in [6.45, 7) is 1.08. The van der Waals surface area contributed by atoms with Crippen molar-refractivity contribution in [3.8, 4) is 0 Å². The topological polar surface area (TPSA) is 66.4 Å². The highest BCUT2D eigenvalue weighted by atomic mass is 32.2. The maximum Gasteiger partial charge on any atom is 0.243 e. The molecule has 2 aromatic rings. The van der Waals surface area contributed by atoms with Crippen LogP contribution in [0.1, 0.15) is 11.8 Å². The van der Waals surface area contributed by atoms with Crippen LogP contribution >= 0.6 is 11.3 Å². The van der Waals surface area contributed by atoms with Gasteiger partial charge in [-0.2, -0.15) is 0 Å². The van der Waals surface area contributed by atoms with Gasteiger partial charge in [-0.1, -0.05) is 6.07 Å². The van der Waals surface area contributed by atoms with Gasteiger partial charge in [-0.25, -0.2) is 21.9 Å². The van der Waals surface area contributed by atoms with Gasteiger partial charge < -0.3 is 5.11 Å². The zero-order chi connectivity index (χ0) is 15.7. The van der Waals surface area contributed by atoms with Crippen molar-refractivity contribution in [1.29, 1.82) is 0 Å². The van der Waals surface area contributed by atoms with Crippen molar-refractivity contribution >= 4 is 21.4 Å². The third-order valence-corrected chi connectivity index (χ3v) is 5.38. The molecule has 0 radical (unpaired) electrons. The minimum Gasteiger partial charge on any atom is -0.383 e. The summed E-state index contributed by atoms with van der Waals surface area (Å²) in [6.07, 6.45) is 0. The lowest BCUT2D eigenvalue weighted by molar-refractivity contribution is 0.0666. The van der Waals surface area contributed by atoms with E-state index >= 15 is 0 Å². The van der Waals surface area contributed by atoms with Gasteiger partial charge in [0.15, 0.2) is 0 Å². The Kier molecular flexibility index (Phi) is 4.43. The van der Waals surface area contributed by atoms with Crippen LogP contribution in [-0.2, 0) is 15.6 Å². The van der Waals surface area contributed by atoms with Crippen molar-refractivity contribution in [2.24, 2.45) is 0 Å². The standard InChI is InChI=1S/C13H13F2NO3S2/c1-13(17,12-3-2-6-20-12)8-16-21(18,19)11-7-9(14)4-5-10(11)15/h2-7,16-17H,8H2,1H3. The average molecular weight is 333 g/mol. The van der Waals surface area contributed by atoms with Crippen LogP contribution in [0.4, 0.5) is 8.78 Å². The van der Waals surface area contributed by atoms with Crippen LogP contribution in [0.3, 0.4) is 0 Å². The Labute approximate surface area is 125 Å². The normalized spacial score (nSPS) is 14.9. The molecule has 0 saturated carbocycles. The molecule has 0 aliphatic rings.